The van der Waals surface area contributed by atoms with Crippen molar-refractivity contribution >= 4 is 22.9 Å². The molecule has 28 heavy (non-hydrogen) atoms. The van der Waals surface area contributed by atoms with Gasteiger partial charge in [0.05, 0.1) is 12.1 Å². The molecular formula is C22H22N2O3S. The number of benzene rings is 2. The molecule has 1 N–H and O–H groups in total. The maximum atomic E-state index is 12.4. The lowest BCUT2D eigenvalue weighted by molar-refractivity contribution is -0.115. The fourth-order valence-corrected chi connectivity index (χ4v) is 3.90. The number of carbonyl (C=O) groups is 1. The van der Waals surface area contributed by atoms with Crippen molar-refractivity contribution in [2.24, 2.45) is 0 Å². The molecular weight excluding hydrogens is 372 g/mol. The molecule has 0 spiro atoms. The van der Waals surface area contributed by atoms with Gasteiger partial charge in [-0.3, -0.25) is 4.79 Å². The van der Waals surface area contributed by atoms with Crippen molar-refractivity contribution in [3.8, 4) is 22.1 Å². The third-order valence-electron chi connectivity index (χ3n) is 4.44. The van der Waals surface area contributed by atoms with Gasteiger partial charge in [-0.1, -0.05) is 31.2 Å². The third-order valence-corrected chi connectivity index (χ3v) is 5.38. The summed E-state index contributed by atoms with van der Waals surface area (Å²) < 4.78 is 11.4. The maximum Gasteiger partial charge on any atom is 0.246 e. The van der Waals surface area contributed by atoms with Crippen LogP contribution in [0.3, 0.4) is 0 Å². The second-order valence-electron chi connectivity index (χ2n) is 7.18. The van der Waals surface area contributed by atoms with E-state index >= 15 is 0 Å². The van der Waals surface area contributed by atoms with Gasteiger partial charge in [0.1, 0.15) is 5.01 Å². The Morgan fingerprint density at radius 2 is 1.86 bits per heavy atom. The number of carbonyl (C=O) groups excluding carboxylic acids is 1. The first-order chi connectivity index (χ1) is 13.4. The summed E-state index contributed by atoms with van der Waals surface area (Å²) in [6.45, 7) is 5.83. The second-order valence-corrected chi connectivity index (χ2v) is 8.04. The number of nitrogens with zero attached hydrogens (tertiary/aromatic N) is 1. The van der Waals surface area contributed by atoms with Gasteiger partial charge in [0.25, 0.3) is 0 Å². The van der Waals surface area contributed by atoms with Crippen LogP contribution in [0, 0.1) is 0 Å². The number of hydrogen-bond donors (Lipinski definition) is 1. The zero-order chi connectivity index (χ0) is 19.7. The van der Waals surface area contributed by atoms with Crippen LogP contribution in [0.1, 0.15) is 32.0 Å². The second kappa shape index (κ2) is 7.28. The summed E-state index contributed by atoms with van der Waals surface area (Å²) in [6.07, 6.45) is 1.24. The number of aromatic nitrogens is 1. The van der Waals surface area contributed by atoms with E-state index in [9.17, 15) is 4.79 Å². The number of fused-ring (bicyclic) bond motifs is 1. The number of thiazole rings is 1. The molecule has 1 aliphatic rings. The van der Waals surface area contributed by atoms with Crippen molar-refractivity contribution in [3.05, 3.63) is 59.1 Å². The Kier molecular flexibility index (Phi) is 4.81. The van der Waals surface area contributed by atoms with Crippen LogP contribution in [0.2, 0.25) is 0 Å². The normalized spacial score (nSPS) is 14.1. The lowest BCUT2D eigenvalue weighted by Gasteiger charge is -2.16. The summed E-state index contributed by atoms with van der Waals surface area (Å²) in [4.78, 5) is 17.0. The molecule has 6 heteroatoms. The molecule has 144 valence electrons. The number of amides is 1. The minimum atomic E-state index is -0.683. The van der Waals surface area contributed by atoms with Gasteiger partial charge in [-0.15, -0.1) is 11.3 Å². The Bertz CT molecular complexity index is 1010. The SMILES string of the molecule is CCc1ccc(-c2nc(CC(=O)Nc3ccc4c(c3)OC(C)(C)O4)cs2)cc1. The zero-order valence-electron chi connectivity index (χ0n) is 16.1. The fraction of sp³-hybridized carbons (Fsp3) is 0.273. The first-order valence-electron chi connectivity index (χ1n) is 9.27. The number of aryl methyl sites for hydroxylation is 1. The van der Waals surface area contributed by atoms with Crippen LogP contribution in [-0.4, -0.2) is 16.7 Å². The number of rotatable bonds is 5. The molecule has 1 aromatic heterocycles. The lowest BCUT2D eigenvalue weighted by atomic mass is 10.1. The molecule has 5 nitrogen and oxygen atoms in total. The van der Waals surface area contributed by atoms with E-state index in [0.29, 0.717) is 17.2 Å². The van der Waals surface area contributed by atoms with Crippen molar-refractivity contribution in [2.45, 2.75) is 39.4 Å². The lowest BCUT2D eigenvalue weighted by Crippen LogP contribution is -2.29. The van der Waals surface area contributed by atoms with E-state index in [4.69, 9.17) is 9.47 Å². The fourth-order valence-electron chi connectivity index (χ4n) is 3.07. The average Bonchev–Trinajstić information content (AvgIpc) is 3.24. The predicted molar refractivity (Wildman–Crippen MR) is 111 cm³/mol. The average molecular weight is 394 g/mol. The van der Waals surface area contributed by atoms with Crippen LogP contribution in [0.15, 0.2) is 47.8 Å². The van der Waals surface area contributed by atoms with Crippen molar-refractivity contribution in [3.63, 3.8) is 0 Å². The Labute approximate surface area is 168 Å². The minimum absolute atomic E-state index is 0.115. The van der Waals surface area contributed by atoms with Gasteiger partial charge in [-0.2, -0.15) is 0 Å². The van der Waals surface area contributed by atoms with Gasteiger partial charge in [-0.25, -0.2) is 4.98 Å². The monoisotopic (exact) mass is 394 g/mol. The van der Waals surface area contributed by atoms with Gasteiger partial charge in [0, 0.05) is 36.5 Å². The van der Waals surface area contributed by atoms with Gasteiger partial charge < -0.3 is 14.8 Å². The molecule has 2 heterocycles. The molecule has 4 rings (SSSR count). The summed E-state index contributed by atoms with van der Waals surface area (Å²) in [5.74, 6) is 0.518. The highest BCUT2D eigenvalue weighted by Gasteiger charge is 2.31. The number of anilines is 1. The number of nitrogens with one attached hydrogen (secondary N) is 1. The summed E-state index contributed by atoms with van der Waals surface area (Å²) in [5, 5.41) is 5.76. The van der Waals surface area contributed by atoms with E-state index in [1.807, 2.05) is 25.3 Å². The Balaban J connectivity index is 1.40. The molecule has 0 radical (unpaired) electrons. The van der Waals surface area contributed by atoms with Crippen LogP contribution in [0.5, 0.6) is 11.5 Å². The quantitative estimate of drug-likeness (QED) is 0.657. The van der Waals surface area contributed by atoms with E-state index in [1.54, 1.807) is 23.5 Å². The molecule has 0 saturated heterocycles. The van der Waals surface area contributed by atoms with E-state index < -0.39 is 5.79 Å². The third kappa shape index (κ3) is 4.02. The van der Waals surface area contributed by atoms with Crippen LogP contribution in [0.4, 0.5) is 5.69 Å². The number of hydrogen-bond acceptors (Lipinski definition) is 5. The predicted octanol–water partition coefficient (Wildman–Crippen LogP) is 5.06. The van der Waals surface area contributed by atoms with Crippen molar-refractivity contribution in [1.29, 1.82) is 0 Å². The van der Waals surface area contributed by atoms with E-state index in [2.05, 4.69) is 41.5 Å². The highest BCUT2D eigenvalue weighted by Crippen LogP contribution is 2.40. The van der Waals surface area contributed by atoms with Gasteiger partial charge in [0.15, 0.2) is 11.5 Å². The molecule has 0 aliphatic carbocycles. The highest BCUT2D eigenvalue weighted by atomic mass is 32.1. The summed E-state index contributed by atoms with van der Waals surface area (Å²) in [5.41, 5.74) is 3.81. The largest absolute Gasteiger partial charge is 0.449 e. The molecule has 0 saturated carbocycles. The van der Waals surface area contributed by atoms with E-state index in [-0.39, 0.29) is 12.3 Å². The standard InChI is InChI=1S/C22H22N2O3S/c1-4-14-5-7-15(8-6-14)21-24-17(13-28-21)12-20(25)23-16-9-10-18-19(11-16)27-22(2,3)26-18/h5-11,13H,4,12H2,1-3H3,(H,23,25). The first-order valence-corrected chi connectivity index (χ1v) is 10.2. The smallest absolute Gasteiger partial charge is 0.246 e. The van der Waals surface area contributed by atoms with E-state index in [1.165, 1.54) is 5.56 Å². The highest BCUT2D eigenvalue weighted by molar-refractivity contribution is 7.13. The van der Waals surface area contributed by atoms with Crippen molar-refractivity contribution < 1.29 is 14.3 Å². The topological polar surface area (TPSA) is 60.5 Å². The van der Waals surface area contributed by atoms with Crippen LogP contribution in [0.25, 0.3) is 10.6 Å². The summed E-state index contributed by atoms with van der Waals surface area (Å²) >= 11 is 1.55. The molecule has 0 fully saturated rings. The molecule has 1 amide bonds. The molecule has 0 unspecified atom stereocenters. The molecule has 2 aromatic carbocycles. The molecule has 3 aromatic rings. The van der Waals surface area contributed by atoms with Crippen molar-refractivity contribution in [1.82, 2.24) is 4.98 Å². The van der Waals surface area contributed by atoms with Crippen LogP contribution in [-0.2, 0) is 17.6 Å². The maximum absolute atomic E-state index is 12.4. The van der Waals surface area contributed by atoms with Gasteiger partial charge in [-0.05, 0) is 24.1 Å². The summed E-state index contributed by atoms with van der Waals surface area (Å²) in [7, 11) is 0. The minimum Gasteiger partial charge on any atom is -0.449 e. The van der Waals surface area contributed by atoms with Gasteiger partial charge in [0.2, 0.25) is 11.7 Å². The van der Waals surface area contributed by atoms with Crippen LogP contribution >= 0.6 is 11.3 Å². The molecule has 0 bridgehead atoms. The first kappa shape index (κ1) is 18.5. The molecule has 0 atom stereocenters. The molecule has 1 aliphatic heterocycles. The number of ether oxygens (including phenoxy) is 2. The Hall–Kier alpha value is -2.86. The Morgan fingerprint density at radius 3 is 2.61 bits per heavy atom. The zero-order valence-corrected chi connectivity index (χ0v) is 16.9. The van der Waals surface area contributed by atoms with E-state index in [0.717, 1.165) is 22.7 Å². The summed E-state index contributed by atoms with van der Waals surface area (Å²) in [6, 6.07) is 13.8. The Morgan fingerprint density at radius 1 is 1.11 bits per heavy atom. The van der Waals surface area contributed by atoms with Gasteiger partial charge >= 0.3 is 0 Å². The van der Waals surface area contributed by atoms with Crippen LogP contribution < -0.4 is 14.8 Å². The van der Waals surface area contributed by atoms with Crippen molar-refractivity contribution in [2.75, 3.05) is 5.32 Å².